The SMILES string of the molecule is C=C/C=C\C=C(/CCC)c1cc(C)c(C(=C)N)o1. The van der Waals surface area contributed by atoms with Crippen LogP contribution in [0.1, 0.15) is 36.8 Å². The van der Waals surface area contributed by atoms with Gasteiger partial charge in [0.25, 0.3) is 0 Å². The van der Waals surface area contributed by atoms with Gasteiger partial charge in [0.05, 0.1) is 5.70 Å². The first kappa shape index (κ1) is 14.1. The van der Waals surface area contributed by atoms with Crippen LogP contribution in [-0.4, -0.2) is 0 Å². The molecule has 1 aromatic heterocycles. The summed E-state index contributed by atoms with van der Waals surface area (Å²) in [6, 6.07) is 2.01. The predicted octanol–water partition coefficient (Wildman–Crippen LogP) is 4.44. The second-order valence-electron chi connectivity index (χ2n) is 4.21. The van der Waals surface area contributed by atoms with Crippen LogP contribution >= 0.6 is 0 Å². The normalized spacial score (nSPS) is 12.0. The van der Waals surface area contributed by atoms with Crippen LogP contribution in [0, 0.1) is 6.92 Å². The fraction of sp³-hybridized carbons (Fsp3) is 0.250. The first-order valence-electron chi connectivity index (χ1n) is 6.14. The number of aryl methyl sites for hydroxylation is 1. The number of nitrogens with two attached hydrogens (primary N) is 1. The monoisotopic (exact) mass is 243 g/mol. The van der Waals surface area contributed by atoms with Gasteiger partial charge in [-0.25, -0.2) is 0 Å². The van der Waals surface area contributed by atoms with Gasteiger partial charge in [0.15, 0.2) is 5.76 Å². The van der Waals surface area contributed by atoms with Crippen molar-refractivity contribution >= 4 is 11.3 Å². The third kappa shape index (κ3) is 3.52. The predicted molar refractivity (Wildman–Crippen MR) is 78.9 cm³/mol. The lowest BCUT2D eigenvalue weighted by Crippen LogP contribution is -1.92. The molecule has 0 radical (unpaired) electrons. The molecule has 0 bridgehead atoms. The lowest BCUT2D eigenvalue weighted by atomic mass is 10.1. The number of furan rings is 1. The summed E-state index contributed by atoms with van der Waals surface area (Å²) in [6.45, 7) is 11.5. The van der Waals surface area contributed by atoms with Crippen LogP contribution in [0.5, 0.6) is 0 Å². The Kier molecular flexibility index (Phi) is 5.25. The Bertz CT molecular complexity index is 489. The van der Waals surface area contributed by atoms with Gasteiger partial charge < -0.3 is 10.2 Å². The zero-order valence-corrected chi connectivity index (χ0v) is 11.2. The standard InChI is InChI=1S/C16H21NO/c1-5-7-8-10-14(9-6-2)15-11-12(3)16(18-15)13(4)17/h5,7-8,10-11H,1,4,6,9,17H2,2-3H3/b8-7-,14-10+. The molecule has 0 aliphatic rings. The highest BCUT2D eigenvalue weighted by molar-refractivity contribution is 5.67. The van der Waals surface area contributed by atoms with Gasteiger partial charge in [-0.3, -0.25) is 0 Å². The first-order valence-corrected chi connectivity index (χ1v) is 6.14. The molecular formula is C16H21NO. The molecule has 0 spiro atoms. The highest BCUT2D eigenvalue weighted by atomic mass is 16.3. The second kappa shape index (κ2) is 6.70. The van der Waals surface area contributed by atoms with E-state index in [1.807, 2.05) is 31.2 Å². The van der Waals surface area contributed by atoms with Crippen molar-refractivity contribution in [3.05, 3.63) is 60.6 Å². The van der Waals surface area contributed by atoms with Crippen LogP contribution in [0.25, 0.3) is 11.3 Å². The van der Waals surface area contributed by atoms with E-state index in [4.69, 9.17) is 10.2 Å². The Hall–Kier alpha value is -1.96. The van der Waals surface area contributed by atoms with E-state index in [0.29, 0.717) is 11.5 Å². The molecule has 0 unspecified atom stereocenters. The van der Waals surface area contributed by atoms with Crippen molar-refractivity contribution in [2.24, 2.45) is 5.73 Å². The maximum atomic E-state index is 5.77. The lowest BCUT2D eigenvalue weighted by Gasteiger charge is -2.01. The summed E-state index contributed by atoms with van der Waals surface area (Å²) in [6.07, 6.45) is 9.69. The van der Waals surface area contributed by atoms with Crippen molar-refractivity contribution in [3.8, 4) is 0 Å². The summed E-state index contributed by atoms with van der Waals surface area (Å²) in [4.78, 5) is 0. The van der Waals surface area contributed by atoms with Gasteiger partial charge in [0, 0.05) is 0 Å². The Labute approximate surface area is 109 Å². The first-order chi connectivity index (χ1) is 8.60. The topological polar surface area (TPSA) is 39.2 Å². The van der Waals surface area contributed by atoms with E-state index in [2.05, 4.69) is 20.1 Å². The van der Waals surface area contributed by atoms with Gasteiger partial charge in [0.1, 0.15) is 5.76 Å². The highest BCUT2D eigenvalue weighted by Gasteiger charge is 2.11. The molecule has 0 atom stereocenters. The molecule has 0 saturated heterocycles. The molecule has 18 heavy (non-hydrogen) atoms. The fourth-order valence-electron chi connectivity index (χ4n) is 1.77. The quantitative estimate of drug-likeness (QED) is 0.750. The molecule has 1 heterocycles. The van der Waals surface area contributed by atoms with Gasteiger partial charge in [0.2, 0.25) is 0 Å². The van der Waals surface area contributed by atoms with Gasteiger partial charge in [-0.1, -0.05) is 50.8 Å². The van der Waals surface area contributed by atoms with Crippen LogP contribution < -0.4 is 5.73 Å². The molecule has 0 aliphatic carbocycles. The number of hydrogen-bond donors (Lipinski definition) is 1. The highest BCUT2D eigenvalue weighted by Crippen LogP contribution is 2.27. The van der Waals surface area contributed by atoms with E-state index in [1.165, 1.54) is 0 Å². The molecule has 2 N–H and O–H groups in total. The van der Waals surface area contributed by atoms with E-state index in [0.717, 1.165) is 29.7 Å². The molecule has 0 aliphatic heterocycles. The van der Waals surface area contributed by atoms with E-state index < -0.39 is 0 Å². The van der Waals surface area contributed by atoms with Crippen LogP contribution in [0.4, 0.5) is 0 Å². The maximum Gasteiger partial charge on any atom is 0.152 e. The summed E-state index contributed by atoms with van der Waals surface area (Å²) in [5.74, 6) is 1.55. The van der Waals surface area contributed by atoms with Crippen LogP contribution in [0.2, 0.25) is 0 Å². The Balaban J connectivity index is 3.10. The third-order valence-electron chi connectivity index (χ3n) is 2.59. The Morgan fingerprint density at radius 2 is 2.17 bits per heavy atom. The summed E-state index contributed by atoms with van der Waals surface area (Å²) in [5.41, 5.74) is 8.34. The van der Waals surface area contributed by atoms with Crippen LogP contribution in [0.3, 0.4) is 0 Å². The van der Waals surface area contributed by atoms with Crippen molar-refractivity contribution in [1.29, 1.82) is 0 Å². The number of rotatable bonds is 6. The molecule has 0 amide bonds. The maximum absolute atomic E-state index is 5.77. The largest absolute Gasteiger partial charge is 0.455 e. The molecule has 2 nitrogen and oxygen atoms in total. The smallest absolute Gasteiger partial charge is 0.152 e. The van der Waals surface area contributed by atoms with Gasteiger partial charge in [-0.05, 0) is 30.5 Å². The van der Waals surface area contributed by atoms with Crippen molar-refractivity contribution in [1.82, 2.24) is 0 Å². The van der Waals surface area contributed by atoms with E-state index >= 15 is 0 Å². The van der Waals surface area contributed by atoms with Crippen molar-refractivity contribution in [3.63, 3.8) is 0 Å². The van der Waals surface area contributed by atoms with Crippen LogP contribution in [0.15, 0.2) is 47.9 Å². The van der Waals surface area contributed by atoms with E-state index in [1.54, 1.807) is 6.08 Å². The van der Waals surface area contributed by atoms with Crippen molar-refractivity contribution in [2.75, 3.05) is 0 Å². The minimum Gasteiger partial charge on any atom is -0.455 e. The molecule has 1 rings (SSSR count). The molecule has 0 saturated carbocycles. The summed E-state index contributed by atoms with van der Waals surface area (Å²) in [7, 11) is 0. The molecule has 0 fully saturated rings. The molecule has 2 heteroatoms. The van der Waals surface area contributed by atoms with Crippen LogP contribution in [-0.2, 0) is 0 Å². The minimum atomic E-state index is 0.469. The minimum absolute atomic E-state index is 0.469. The van der Waals surface area contributed by atoms with Gasteiger partial charge >= 0.3 is 0 Å². The molecule has 1 aromatic rings. The van der Waals surface area contributed by atoms with Crippen molar-refractivity contribution in [2.45, 2.75) is 26.7 Å². The Morgan fingerprint density at radius 1 is 1.44 bits per heavy atom. The van der Waals surface area contributed by atoms with E-state index in [9.17, 15) is 0 Å². The lowest BCUT2D eigenvalue weighted by molar-refractivity contribution is 0.534. The summed E-state index contributed by atoms with van der Waals surface area (Å²) < 4.78 is 5.77. The summed E-state index contributed by atoms with van der Waals surface area (Å²) >= 11 is 0. The second-order valence-corrected chi connectivity index (χ2v) is 4.21. The van der Waals surface area contributed by atoms with Gasteiger partial charge in [-0.2, -0.15) is 0 Å². The fourth-order valence-corrected chi connectivity index (χ4v) is 1.77. The molecule has 96 valence electrons. The zero-order valence-electron chi connectivity index (χ0n) is 11.2. The van der Waals surface area contributed by atoms with Crippen molar-refractivity contribution < 1.29 is 4.42 Å². The van der Waals surface area contributed by atoms with E-state index in [-0.39, 0.29) is 0 Å². The molecular weight excluding hydrogens is 222 g/mol. The molecule has 0 aromatic carbocycles. The van der Waals surface area contributed by atoms with Gasteiger partial charge in [-0.15, -0.1) is 0 Å². The third-order valence-corrected chi connectivity index (χ3v) is 2.59. The zero-order chi connectivity index (χ0) is 13.5. The number of allylic oxidation sites excluding steroid dienone is 5. The Morgan fingerprint density at radius 3 is 2.67 bits per heavy atom. The number of hydrogen-bond acceptors (Lipinski definition) is 2. The average molecular weight is 243 g/mol. The summed E-state index contributed by atoms with van der Waals surface area (Å²) in [5, 5.41) is 0. The average Bonchev–Trinajstić information content (AvgIpc) is 2.70.